The number of rotatable bonds is 5. The van der Waals surface area contributed by atoms with Crippen LogP contribution < -0.4 is 15.0 Å². The highest BCUT2D eigenvalue weighted by Crippen LogP contribution is 2.34. The van der Waals surface area contributed by atoms with E-state index < -0.39 is 34.8 Å². The molecule has 0 aliphatic carbocycles. The van der Waals surface area contributed by atoms with E-state index in [-0.39, 0.29) is 16.3 Å². The first-order chi connectivity index (χ1) is 16.9. The molecular weight excluding hydrogens is 481 g/mol. The Balaban J connectivity index is 1.41. The van der Waals surface area contributed by atoms with E-state index in [1.807, 2.05) is 0 Å². The number of hydrogen-bond donors (Lipinski definition) is 1. The third-order valence-corrected chi connectivity index (χ3v) is 5.84. The van der Waals surface area contributed by atoms with Gasteiger partial charge in [-0.1, -0.05) is 17.7 Å². The van der Waals surface area contributed by atoms with Gasteiger partial charge in [0.25, 0.3) is 5.91 Å². The standard InChI is InChI=1S/C25H18ClF3N4O2/c26-15-5-3-4-14(10-15)25(34)32-20-12-17(27)24(23(29)22(20)28)35-16-6-7-18-19(11-16)31-21(13-30-18)33-8-1-2-9-33/h3-7,10-13H,1-2,8-9H2,(H,32,34). The van der Waals surface area contributed by atoms with Crippen molar-refractivity contribution < 1.29 is 22.7 Å². The van der Waals surface area contributed by atoms with Crippen molar-refractivity contribution in [3.63, 3.8) is 0 Å². The Morgan fingerprint density at radius 3 is 2.57 bits per heavy atom. The van der Waals surface area contributed by atoms with Gasteiger partial charge in [0.1, 0.15) is 11.6 Å². The zero-order valence-electron chi connectivity index (χ0n) is 18.2. The van der Waals surface area contributed by atoms with Crippen molar-refractivity contribution in [3.8, 4) is 11.5 Å². The minimum atomic E-state index is -1.58. The van der Waals surface area contributed by atoms with Crippen molar-refractivity contribution in [1.29, 1.82) is 0 Å². The van der Waals surface area contributed by atoms with Crippen LogP contribution in [0.3, 0.4) is 0 Å². The minimum absolute atomic E-state index is 0.0540. The van der Waals surface area contributed by atoms with E-state index in [1.54, 1.807) is 18.3 Å². The predicted molar refractivity (Wildman–Crippen MR) is 127 cm³/mol. The zero-order chi connectivity index (χ0) is 24.5. The van der Waals surface area contributed by atoms with Gasteiger partial charge in [0, 0.05) is 35.8 Å². The van der Waals surface area contributed by atoms with Gasteiger partial charge in [-0.2, -0.15) is 4.39 Å². The van der Waals surface area contributed by atoms with E-state index in [1.165, 1.54) is 30.3 Å². The summed E-state index contributed by atoms with van der Waals surface area (Å²) in [6.07, 6.45) is 3.82. The Hall–Kier alpha value is -3.85. The second-order valence-electron chi connectivity index (χ2n) is 8.00. The molecule has 0 radical (unpaired) electrons. The first-order valence-electron chi connectivity index (χ1n) is 10.8. The molecule has 3 aromatic carbocycles. The van der Waals surface area contributed by atoms with Crippen LogP contribution in [0.4, 0.5) is 24.7 Å². The van der Waals surface area contributed by atoms with Gasteiger partial charge in [-0.15, -0.1) is 0 Å². The number of benzene rings is 3. The van der Waals surface area contributed by atoms with E-state index in [0.29, 0.717) is 22.9 Å². The molecule has 0 unspecified atom stereocenters. The van der Waals surface area contributed by atoms with Crippen molar-refractivity contribution in [2.45, 2.75) is 12.8 Å². The summed E-state index contributed by atoms with van der Waals surface area (Å²) in [7, 11) is 0. The minimum Gasteiger partial charge on any atom is -0.451 e. The maximum atomic E-state index is 14.8. The number of halogens is 4. The molecule has 178 valence electrons. The van der Waals surface area contributed by atoms with Crippen LogP contribution in [0, 0.1) is 17.5 Å². The highest BCUT2D eigenvalue weighted by atomic mass is 35.5. The Kier molecular flexibility index (Phi) is 6.17. The van der Waals surface area contributed by atoms with Gasteiger partial charge >= 0.3 is 0 Å². The molecule has 1 aliphatic heterocycles. The first-order valence-corrected chi connectivity index (χ1v) is 11.2. The Morgan fingerprint density at radius 1 is 1.00 bits per heavy atom. The van der Waals surface area contributed by atoms with E-state index in [2.05, 4.69) is 20.2 Å². The van der Waals surface area contributed by atoms with Gasteiger partial charge in [0.15, 0.2) is 11.6 Å². The van der Waals surface area contributed by atoms with Crippen LogP contribution in [-0.4, -0.2) is 29.0 Å². The molecule has 5 rings (SSSR count). The zero-order valence-corrected chi connectivity index (χ0v) is 19.0. The number of nitrogens with zero attached hydrogens (tertiary/aromatic N) is 3. The Labute approximate surface area is 203 Å². The van der Waals surface area contributed by atoms with Crippen molar-refractivity contribution in [1.82, 2.24) is 9.97 Å². The largest absolute Gasteiger partial charge is 0.451 e. The maximum absolute atomic E-state index is 14.8. The summed E-state index contributed by atoms with van der Waals surface area (Å²) in [5.74, 6) is -5.19. The molecular formula is C25H18ClF3N4O2. The molecule has 1 fully saturated rings. The van der Waals surface area contributed by atoms with Crippen LogP contribution in [0.25, 0.3) is 11.0 Å². The van der Waals surface area contributed by atoms with Crippen LogP contribution in [-0.2, 0) is 0 Å². The van der Waals surface area contributed by atoms with Crippen LogP contribution in [0.1, 0.15) is 23.2 Å². The molecule has 35 heavy (non-hydrogen) atoms. The number of fused-ring (bicyclic) bond motifs is 1. The topological polar surface area (TPSA) is 67.3 Å². The number of aromatic nitrogens is 2. The molecule has 1 N–H and O–H groups in total. The van der Waals surface area contributed by atoms with Gasteiger partial charge in [-0.3, -0.25) is 9.78 Å². The summed E-state index contributed by atoms with van der Waals surface area (Å²) < 4.78 is 49.5. The van der Waals surface area contributed by atoms with Gasteiger partial charge in [0.2, 0.25) is 11.6 Å². The fourth-order valence-electron chi connectivity index (χ4n) is 3.85. The normalized spacial score (nSPS) is 13.3. The van der Waals surface area contributed by atoms with Gasteiger partial charge < -0.3 is 15.0 Å². The average Bonchev–Trinajstić information content (AvgIpc) is 3.40. The molecule has 0 spiro atoms. The summed E-state index contributed by atoms with van der Waals surface area (Å²) in [5, 5.41) is 2.44. The third kappa shape index (κ3) is 4.72. The molecule has 1 aliphatic rings. The monoisotopic (exact) mass is 498 g/mol. The maximum Gasteiger partial charge on any atom is 0.255 e. The van der Waals surface area contributed by atoms with E-state index in [0.717, 1.165) is 25.9 Å². The highest BCUT2D eigenvalue weighted by molar-refractivity contribution is 6.31. The van der Waals surface area contributed by atoms with E-state index in [4.69, 9.17) is 16.3 Å². The molecule has 6 nitrogen and oxygen atoms in total. The number of nitrogens with one attached hydrogen (secondary N) is 1. The van der Waals surface area contributed by atoms with Crippen LogP contribution in [0.5, 0.6) is 11.5 Å². The molecule has 4 aromatic rings. The summed E-state index contributed by atoms with van der Waals surface area (Å²) in [4.78, 5) is 23.4. The summed E-state index contributed by atoms with van der Waals surface area (Å²) >= 11 is 5.85. The molecule has 2 heterocycles. The van der Waals surface area contributed by atoms with Crippen LogP contribution >= 0.6 is 11.6 Å². The molecule has 0 bridgehead atoms. The Morgan fingerprint density at radius 2 is 1.80 bits per heavy atom. The molecule has 1 aromatic heterocycles. The fourth-order valence-corrected chi connectivity index (χ4v) is 4.04. The number of hydrogen-bond acceptors (Lipinski definition) is 5. The number of carbonyl (C=O) groups is 1. The average molecular weight is 499 g/mol. The second-order valence-corrected chi connectivity index (χ2v) is 8.44. The highest BCUT2D eigenvalue weighted by Gasteiger charge is 2.23. The van der Waals surface area contributed by atoms with Gasteiger partial charge in [-0.25, -0.2) is 13.8 Å². The number of amides is 1. The fraction of sp³-hybridized carbons (Fsp3) is 0.160. The number of ether oxygens (including phenoxy) is 1. The molecule has 1 amide bonds. The van der Waals surface area contributed by atoms with Crippen molar-refractivity contribution in [2.75, 3.05) is 23.3 Å². The van der Waals surface area contributed by atoms with Crippen LogP contribution in [0.15, 0.2) is 54.7 Å². The Bertz CT molecular complexity index is 1440. The quantitative estimate of drug-likeness (QED) is 0.325. The lowest BCUT2D eigenvalue weighted by Crippen LogP contribution is -2.19. The summed E-state index contributed by atoms with van der Waals surface area (Å²) in [6, 6.07) is 11.0. The SMILES string of the molecule is O=C(Nc1cc(F)c(Oc2ccc3ncc(N4CCCC4)nc3c2)c(F)c1F)c1cccc(Cl)c1. The van der Waals surface area contributed by atoms with Crippen molar-refractivity contribution in [2.24, 2.45) is 0 Å². The smallest absolute Gasteiger partial charge is 0.255 e. The van der Waals surface area contributed by atoms with Gasteiger partial charge in [0.05, 0.1) is 22.9 Å². The molecule has 1 saturated heterocycles. The van der Waals surface area contributed by atoms with Crippen molar-refractivity contribution in [3.05, 3.63) is 82.8 Å². The lowest BCUT2D eigenvalue weighted by Gasteiger charge is -2.16. The number of carbonyl (C=O) groups excluding carboxylic acids is 1. The molecule has 10 heteroatoms. The molecule has 0 saturated carbocycles. The summed E-state index contributed by atoms with van der Waals surface area (Å²) in [5.41, 5.74) is 0.477. The lowest BCUT2D eigenvalue weighted by molar-refractivity contribution is 0.102. The van der Waals surface area contributed by atoms with E-state index in [9.17, 15) is 18.0 Å². The van der Waals surface area contributed by atoms with Gasteiger partial charge in [-0.05, 0) is 43.2 Å². The second kappa shape index (κ2) is 9.42. The summed E-state index contributed by atoms with van der Waals surface area (Å²) in [6.45, 7) is 1.76. The lowest BCUT2D eigenvalue weighted by atomic mass is 10.2. The molecule has 0 atom stereocenters. The van der Waals surface area contributed by atoms with Crippen molar-refractivity contribution >= 4 is 40.0 Å². The van der Waals surface area contributed by atoms with Crippen LogP contribution in [0.2, 0.25) is 5.02 Å². The predicted octanol–water partition coefficient (Wildman–Crippen LogP) is 6.35. The first kappa shape index (κ1) is 22.9. The van der Waals surface area contributed by atoms with E-state index >= 15 is 0 Å². The number of anilines is 2. The third-order valence-electron chi connectivity index (χ3n) is 5.60.